The topological polar surface area (TPSA) is 65.6 Å². The van der Waals surface area contributed by atoms with Crippen LogP contribution in [-0.4, -0.2) is 9.97 Å². The Morgan fingerprint density at radius 1 is 1.19 bits per heavy atom. The number of nitriles is 1. The maximum Gasteiger partial charge on any atom is 0.149 e. The van der Waals surface area contributed by atoms with Crippen LogP contribution < -0.4 is 0 Å². The van der Waals surface area contributed by atoms with E-state index in [2.05, 4.69) is 16.0 Å². The van der Waals surface area contributed by atoms with Crippen LogP contribution in [0.25, 0.3) is 34.0 Å². The van der Waals surface area contributed by atoms with Crippen molar-refractivity contribution in [1.29, 1.82) is 5.26 Å². The van der Waals surface area contributed by atoms with E-state index in [9.17, 15) is 5.26 Å². The van der Waals surface area contributed by atoms with Crippen molar-refractivity contribution in [2.45, 2.75) is 6.92 Å². The zero-order chi connectivity index (χ0) is 18.1. The molecule has 0 aliphatic heterocycles. The van der Waals surface area contributed by atoms with Crippen LogP contribution in [-0.2, 0) is 0 Å². The van der Waals surface area contributed by atoms with E-state index in [1.807, 2.05) is 61.5 Å². The number of benzene rings is 2. The molecule has 126 valence electrons. The standard InChI is InChI=1S/C21H14ClN3O/c1-13-6-8-18-19(10-13)25-21(24-18)14(12-23)11-15-7-9-20(26-15)16-4-2-3-5-17(16)22/h2-11H,1H3,(H,24,25)/b14-11+. The number of fused-ring (bicyclic) bond motifs is 1. The Bertz CT molecular complexity index is 1180. The lowest BCUT2D eigenvalue weighted by Gasteiger charge is -1.99. The van der Waals surface area contributed by atoms with Gasteiger partial charge in [0.1, 0.15) is 23.4 Å². The van der Waals surface area contributed by atoms with Crippen molar-refractivity contribution < 1.29 is 4.42 Å². The van der Waals surface area contributed by atoms with Gasteiger partial charge in [0.25, 0.3) is 0 Å². The van der Waals surface area contributed by atoms with Gasteiger partial charge in [0.2, 0.25) is 0 Å². The molecule has 2 heterocycles. The summed E-state index contributed by atoms with van der Waals surface area (Å²) in [5.74, 6) is 1.73. The number of rotatable bonds is 3. The van der Waals surface area contributed by atoms with Gasteiger partial charge in [-0.25, -0.2) is 4.98 Å². The normalized spacial score (nSPS) is 11.7. The van der Waals surface area contributed by atoms with Crippen LogP contribution in [0.15, 0.2) is 59.0 Å². The Labute approximate surface area is 155 Å². The van der Waals surface area contributed by atoms with E-state index in [1.54, 1.807) is 6.08 Å². The second kappa shape index (κ2) is 6.55. The van der Waals surface area contributed by atoms with Crippen molar-refractivity contribution >= 4 is 34.3 Å². The number of furan rings is 1. The molecule has 4 aromatic rings. The van der Waals surface area contributed by atoms with Gasteiger partial charge in [-0.3, -0.25) is 0 Å². The minimum atomic E-state index is 0.402. The van der Waals surface area contributed by atoms with Gasteiger partial charge < -0.3 is 9.40 Å². The molecule has 0 aliphatic carbocycles. The fraction of sp³-hybridized carbons (Fsp3) is 0.0476. The SMILES string of the molecule is Cc1ccc2nc(/C(C#N)=C/c3ccc(-c4ccccc4Cl)o3)[nH]c2c1. The summed E-state index contributed by atoms with van der Waals surface area (Å²) in [4.78, 5) is 7.68. The van der Waals surface area contributed by atoms with Gasteiger partial charge in [-0.2, -0.15) is 5.26 Å². The Morgan fingerprint density at radius 3 is 2.85 bits per heavy atom. The number of aromatic amines is 1. The molecule has 0 fully saturated rings. The predicted octanol–water partition coefficient (Wildman–Crippen LogP) is 5.85. The average molecular weight is 360 g/mol. The maximum absolute atomic E-state index is 9.55. The van der Waals surface area contributed by atoms with Crippen molar-refractivity contribution in [3.05, 3.63) is 76.8 Å². The minimum Gasteiger partial charge on any atom is -0.457 e. The Hall–Kier alpha value is -3.29. The number of hydrogen-bond acceptors (Lipinski definition) is 3. The molecule has 0 saturated heterocycles. The predicted molar refractivity (Wildman–Crippen MR) is 103 cm³/mol. The minimum absolute atomic E-state index is 0.402. The summed E-state index contributed by atoms with van der Waals surface area (Å²) >= 11 is 6.21. The third kappa shape index (κ3) is 3.01. The molecule has 4 nitrogen and oxygen atoms in total. The molecule has 26 heavy (non-hydrogen) atoms. The molecule has 0 spiro atoms. The van der Waals surface area contributed by atoms with Crippen LogP contribution in [0.5, 0.6) is 0 Å². The second-order valence-electron chi connectivity index (χ2n) is 5.96. The highest BCUT2D eigenvalue weighted by molar-refractivity contribution is 6.33. The molecular weight excluding hydrogens is 346 g/mol. The molecule has 0 unspecified atom stereocenters. The van der Waals surface area contributed by atoms with Gasteiger partial charge in [-0.05, 0) is 48.9 Å². The fourth-order valence-electron chi connectivity index (χ4n) is 2.78. The summed E-state index contributed by atoms with van der Waals surface area (Å²) in [7, 11) is 0. The van der Waals surface area contributed by atoms with Crippen LogP contribution in [0.2, 0.25) is 5.02 Å². The molecule has 0 saturated carbocycles. The third-order valence-corrected chi connectivity index (χ3v) is 4.40. The monoisotopic (exact) mass is 359 g/mol. The number of aromatic nitrogens is 2. The first-order valence-corrected chi connectivity index (χ1v) is 8.45. The van der Waals surface area contributed by atoms with Crippen molar-refractivity contribution in [3.63, 3.8) is 0 Å². The first kappa shape index (κ1) is 16.2. The number of imidazole rings is 1. The largest absolute Gasteiger partial charge is 0.457 e. The molecule has 0 atom stereocenters. The number of allylic oxidation sites excluding steroid dienone is 1. The number of H-pyrrole nitrogens is 1. The fourth-order valence-corrected chi connectivity index (χ4v) is 3.01. The summed E-state index contributed by atoms with van der Waals surface area (Å²) < 4.78 is 5.84. The van der Waals surface area contributed by atoms with Gasteiger partial charge in [-0.15, -0.1) is 0 Å². The Kier molecular flexibility index (Phi) is 4.08. The number of aryl methyl sites for hydroxylation is 1. The van der Waals surface area contributed by atoms with Crippen LogP contribution in [0, 0.1) is 18.3 Å². The smallest absolute Gasteiger partial charge is 0.149 e. The number of halogens is 1. The van der Waals surface area contributed by atoms with E-state index in [1.165, 1.54) is 0 Å². The molecule has 0 aliphatic rings. The van der Waals surface area contributed by atoms with Gasteiger partial charge >= 0.3 is 0 Å². The molecule has 1 N–H and O–H groups in total. The van der Waals surface area contributed by atoms with Gasteiger partial charge in [-0.1, -0.05) is 29.8 Å². The zero-order valence-electron chi connectivity index (χ0n) is 14.0. The first-order chi connectivity index (χ1) is 12.6. The average Bonchev–Trinajstić information content (AvgIpc) is 3.26. The van der Waals surface area contributed by atoms with E-state index in [4.69, 9.17) is 16.0 Å². The Balaban J connectivity index is 1.72. The quantitative estimate of drug-likeness (QED) is 0.466. The molecule has 2 aromatic carbocycles. The molecule has 0 bridgehead atoms. The van der Waals surface area contributed by atoms with Crippen molar-refractivity contribution in [2.75, 3.05) is 0 Å². The summed E-state index contributed by atoms with van der Waals surface area (Å²) in [6.07, 6.45) is 1.67. The highest BCUT2D eigenvalue weighted by Crippen LogP contribution is 2.30. The first-order valence-electron chi connectivity index (χ1n) is 8.07. The van der Waals surface area contributed by atoms with Gasteiger partial charge in [0.15, 0.2) is 0 Å². The molecule has 0 amide bonds. The molecule has 2 aromatic heterocycles. The number of nitrogens with one attached hydrogen (secondary N) is 1. The summed E-state index contributed by atoms with van der Waals surface area (Å²) in [5, 5.41) is 10.2. The highest BCUT2D eigenvalue weighted by atomic mass is 35.5. The van der Waals surface area contributed by atoms with E-state index >= 15 is 0 Å². The number of nitrogens with zero attached hydrogens (tertiary/aromatic N) is 2. The van der Waals surface area contributed by atoms with Crippen molar-refractivity contribution in [2.24, 2.45) is 0 Å². The summed E-state index contributed by atoms with van der Waals surface area (Å²) in [6, 6.07) is 19.2. The lowest BCUT2D eigenvalue weighted by molar-refractivity contribution is 0.572. The molecule has 5 heteroatoms. The van der Waals surface area contributed by atoms with Crippen LogP contribution in [0.1, 0.15) is 17.1 Å². The van der Waals surface area contributed by atoms with Crippen molar-refractivity contribution in [3.8, 4) is 17.4 Å². The van der Waals surface area contributed by atoms with E-state index < -0.39 is 0 Å². The maximum atomic E-state index is 9.55. The number of hydrogen-bond donors (Lipinski definition) is 1. The Morgan fingerprint density at radius 2 is 2.04 bits per heavy atom. The molecule has 0 radical (unpaired) electrons. The zero-order valence-corrected chi connectivity index (χ0v) is 14.7. The lowest BCUT2D eigenvalue weighted by atomic mass is 10.2. The van der Waals surface area contributed by atoms with Gasteiger partial charge in [0, 0.05) is 11.6 Å². The van der Waals surface area contributed by atoms with Crippen molar-refractivity contribution in [1.82, 2.24) is 9.97 Å². The third-order valence-electron chi connectivity index (χ3n) is 4.07. The molecule has 4 rings (SSSR count). The van der Waals surface area contributed by atoms with Crippen LogP contribution in [0.4, 0.5) is 0 Å². The van der Waals surface area contributed by atoms with E-state index in [0.29, 0.717) is 27.9 Å². The summed E-state index contributed by atoms with van der Waals surface area (Å²) in [6.45, 7) is 2.01. The summed E-state index contributed by atoms with van der Waals surface area (Å²) in [5.41, 5.74) is 4.07. The van der Waals surface area contributed by atoms with Crippen LogP contribution in [0.3, 0.4) is 0 Å². The lowest BCUT2D eigenvalue weighted by Crippen LogP contribution is -1.84. The van der Waals surface area contributed by atoms with E-state index in [-0.39, 0.29) is 0 Å². The molecular formula is C21H14ClN3O. The second-order valence-corrected chi connectivity index (χ2v) is 6.36. The highest BCUT2D eigenvalue weighted by Gasteiger charge is 2.11. The van der Waals surface area contributed by atoms with E-state index in [0.717, 1.165) is 22.2 Å². The van der Waals surface area contributed by atoms with Gasteiger partial charge in [0.05, 0.1) is 21.6 Å². The van der Waals surface area contributed by atoms with Crippen LogP contribution >= 0.6 is 11.6 Å².